The van der Waals surface area contributed by atoms with Crippen LogP contribution in [0.3, 0.4) is 0 Å². The fourth-order valence-electron chi connectivity index (χ4n) is 1.16. The van der Waals surface area contributed by atoms with Gasteiger partial charge in [0.05, 0.1) is 6.26 Å². The standard InChI is InChI=1S/C9H9NO4S/c10-15(11,12)9-5-6-13-7-3-1-2-4-8(7)14-9/h1-6,9H,(H2,10,11,12). The minimum absolute atomic E-state index is 0.349. The van der Waals surface area contributed by atoms with Gasteiger partial charge in [-0.1, -0.05) is 12.1 Å². The van der Waals surface area contributed by atoms with Crippen molar-refractivity contribution in [1.82, 2.24) is 0 Å². The molecule has 0 amide bonds. The number of hydrogen-bond donors (Lipinski definition) is 1. The maximum absolute atomic E-state index is 11.1. The van der Waals surface area contributed by atoms with Gasteiger partial charge in [-0.15, -0.1) is 0 Å². The van der Waals surface area contributed by atoms with Crippen LogP contribution in [-0.4, -0.2) is 13.9 Å². The Bertz CT molecular complexity index is 495. The molecule has 0 aliphatic carbocycles. The summed E-state index contributed by atoms with van der Waals surface area (Å²) < 4.78 is 32.5. The number of sulfonamides is 1. The molecule has 1 aromatic rings. The summed E-state index contributed by atoms with van der Waals surface area (Å²) in [6.07, 6.45) is 2.50. The van der Waals surface area contributed by atoms with Gasteiger partial charge < -0.3 is 9.47 Å². The van der Waals surface area contributed by atoms with E-state index in [9.17, 15) is 8.42 Å². The highest BCUT2D eigenvalue weighted by Crippen LogP contribution is 2.30. The maximum atomic E-state index is 11.1. The molecular formula is C9H9NO4S. The van der Waals surface area contributed by atoms with Gasteiger partial charge in [0.1, 0.15) is 0 Å². The summed E-state index contributed by atoms with van der Waals surface area (Å²) in [5.41, 5.74) is -1.21. The van der Waals surface area contributed by atoms with Crippen molar-refractivity contribution in [3.8, 4) is 11.5 Å². The Hall–Kier alpha value is -1.53. The Morgan fingerprint density at radius 1 is 1.20 bits per heavy atom. The van der Waals surface area contributed by atoms with Gasteiger partial charge in [0.2, 0.25) is 5.44 Å². The smallest absolute Gasteiger partial charge is 0.251 e. The summed E-state index contributed by atoms with van der Waals surface area (Å²) in [4.78, 5) is 0. The van der Waals surface area contributed by atoms with Crippen molar-refractivity contribution in [3.63, 3.8) is 0 Å². The zero-order valence-electron chi connectivity index (χ0n) is 7.66. The van der Waals surface area contributed by atoms with Crippen molar-refractivity contribution in [1.29, 1.82) is 0 Å². The molecule has 6 heteroatoms. The first-order chi connectivity index (χ1) is 7.07. The van der Waals surface area contributed by atoms with Crippen LogP contribution in [0.4, 0.5) is 0 Å². The van der Waals surface area contributed by atoms with E-state index in [0.29, 0.717) is 11.5 Å². The number of primary sulfonamides is 1. The van der Waals surface area contributed by atoms with Gasteiger partial charge >= 0.3 is 0 Å². The third kappa shape index (κ3) is 2.11. The molecule has 0 saturated heterocycles. The van der Waals surface area contributed by atoms with E-state index in [-0.39, 0.29) is 0 Å². The van der Waals surface area contributed by atoms with Gasteiger partial charge in [-0.3, -0.25) is 0 Å². The lowest BCUT2D eigenvalue weighted by molar-refractivity contribution is 0.314. The minimum atomic E-state index is -3.78. The molecule has 2 N–H and O–H groups in total. The second kappa shape index (κ2) is 3.56. The first kappa shape index (κ1) is 10.0. The molecule has 0 spiro atoms. The largest absolute Gasteiger partial charge is 0.465 e. The number of fused-ring (bicyclic) bond motifs is 1. The lowest BCUT2D eigenvalue weighted by atomic mass is 10.3. The van der Waals surface area contributed by atoms with Crippen LogP contribution in [-0.2, 0) is 10.0 Å². The fraction of sp³-hybridized carbons (Fsp3) is 0.111. The van der Waals surface area contributed by atoms with E-state index in [2.05, 4.69) is 0 Å². The molecule has 0 fully saturated rings. The highest BCUT2D eigenvalue weighted by Gasteiger charge is 2.23. The number of para-hydroxylation sites is 2. The number of ether oxygens (including phenoxy) is 2. The second-order valence-electron chi connectivity index (χ2n) is 2.97. The average molecular weight is 227 g/mol. The van der Waals surface area contributed by atoms with E-state index in [1.54, 1.807) is 24.3 Å². The molecule has 15 heavy (non-hydrogen) atoms. The first-order valence-electron chi connectivity index (χ1n) is 4.18. The van der Waals surface area contributed by atoms with E-state index < -0.39 is 15.5 Å². The molecule has 1 heterocycles. The van der Waals surface area contributed by atoms with Crippen LogP contribution in [0, 0.1) is 0 Å². The molecule has 80 valence electrons. The quantitative estimate of drug-likeness (QED) is 0.761. The van der Waals surface area contributed by atoms with E-state index >= 15 is 0 Å². The van der Waals surface area contributed by atoms with E-state index in [4.69, 9.17) is 14.6 Å². The van der Waals surface area contributed by atoms with Crippen LogP contribution in [0.15, 0.2) is 36.6 Å². The zero-order chi connectivity index (χ0) is 10.9. The van der Waals surface area contributed by atoms with Gasteiger partial charge in [-0.05, 0) is 12.1 Å². The number of nitrogens with two attached hydrogens (primary N) is 1. The SMILES string of the molecule is NS(=O)(=O)C1C=COc2ccccc2O1. The average Bonchev–Trinajstić information content (AvgIpc) is 2.38. The molecule has 1 unspecified atom stereocenters. The van der Waals surface area contributed by atoms with E-state index in [1.165, 1.54) is 12.3 Å². The number of benzene rings is 1. The van der Waals surface area contributed by atoms with Gasteiger partial charge in [-0.25, -0.2) is 13.6 Å². The molecule has 1 aliphatic rings. The monoisotopic (exact) mass is 227 g/mol. The van der Waals surface area contributed by atoms with Crippen LogP contribution in [0.5, 0.6) is 11.5 Å². The lowest BCUT2D eigenvalue weighted by Gasteiger charge is -2.11. The predicted molar refractivity (Wildman–Crippen MR) is 53.7 cm³/mol. The van der Waals surface area contributed by atoms with Gasteiger partial charge in [0, 0.05) is 6.08 Å². The molecule has 0 bridgehead atoms. The minimum Gasteiger partial charge on any atom is -0.465 e. The summed E-state index contributed by atoms with van der Waals surface area (Å²) in [6.45, 7) is 0. The Kier molecular flexibility index (Phi) is 2.37. The summed E-state index contributed by atoms with van der Waals surface area (Å²) in [5.74, 6) is 0.807. The third-order valence-electron chi connectivity index (χ3n) is 1.85. The molecule has 1 aromatic carbocycles. The van der Waals surface area contributed by atoms with Crippen molar-refractivity contribution in [3.05, 3.63) is 36.6 Å². The summed E-state index contributed by atoms with van der Waals surface area (Å²) in [7, 11) is -3.78. The van der Waals surface area contributed by atoms with Gasteiger partial charge in [-0.2, -0.15) is 0 Å². The van der Waals surface area contributed by atoms with Crippen molar-refractivity contribution in [2.45, 2.75) is 5.44 Å². The topological polar surface area (TPSA) is 78.6 Å². The lowest BCUT2D eigenvalue weighted by Crippen LogP contribution is -2.31. The summed E-state index contributed by atoms with van der Waals surface area (Å²) in [5, 5.41) is 4.98. The van der Waals surface area contributed by atoms with E-state index in [1.807, 2.05) is 0 Å². The fourth-order valence-corrected chi connectivity index (χ4v) is 1.68. The first-order valence-corrected chi connectivity index (χ1v) is 5.79. The predicted octanol–water partition coefficient (Wildman–Crippen LogP) is 0.586. The van der Waals surface area contributed by atoms with Crippen molar-refractivity contribution < 1.29 is 17.9 Å². The molecule has 2 rings (SSSR count). The Labute approximate surface area is 87.2 Å². The Morgan fingerprint density at radius 2 is 1.87 bits per heavy atom. The van der Waals surface area contributed by atoms with Gasteiger partial charge in [0.25, 0.3) is 10.0 Å². The van der Waals surface area contributed by atoms with Crippen LogP contribution >= 0.6 is 0 Å². The van der Waals surface area contributed by atoms with E-state index in [0.717, 1.165) is 0 Å². The van der Waals surface area contributed by atoms with Crippen molar-refractivity contribution >= 4 is 10.0 Å². The van der Waals surface area contributed by atoms with Gasteiger partial charge in [0.15, 0.2) is 11.5 Å². The molecule has 0 aromatic heterocycles. The molecule has 5 nitrogen and oxygen atoms in total. The number of hydrogen-bond acceptors (Lipinski definition) is 4. The molecule has 1 aliphatic heterocycles. The number of rotatable bonds is 1. The Balaban J connectivity index is 2.39. The molecule has 0 saturated carbocycles. The van der Waals surface area contributed by atoms with Crippen molar-refractivity contribution in [2.24, 2.45) is 5.14 Å². The molecule has 0 radical (unpaired) electrons. The highest BCUT2D eigenvalue weighted by molar-refractivity contribution is 7.89. The van der Waals surface area contributed by atoms with Crippen LogP contribution < -0.4 is 14.6 Å². The highest BCUT2D eigenvalue weighted by atomic mass is 32.2. The molecular weight excluding hydrogens is 218 g/mol. The summed E-state index contributed by atoms with van der Waals surface area (Å²) in [6, 6.07) is 6.76. The van der Waals surface area contributed by atoms with Crippen LogP contribution in [0.2, 0.25) is 0 Å². The van der Waals surface area contributed by atoms with Crippen LogP contribution in [0.1, 0.15) is 0 Å². The Morgan fingerprint density at radius 3 is 2.53 bits per heavy atom. The second-order valence-corrected chi connectivity index (χ2v) is 4.61. The normalized spacial score (nSPS) is 19.7. The van der Waals surface area contributed by atoms with Crippen LogP contribution in [0.25, 0.3) is 0 Å². The maximum Gasteiger partial charge on any atom is 0.251 e. The summed E-state index contributed by atoms with van der Waals surface area (Å²) >= 11 is 0. The molecule has 1 atom stereocenters. The van der Waals surface area contributed by atoms with Crippen molar-refractivity contribution in [2.75, 3.05) is 0 Å². The third-order valence-corrected chi connectivity index (χ3v) is 2.75. The zero-order valence-corrected chi connectivity index (χ0v) is 8.48.